The molecule has 164 valence electrons. The number of carboxylic acid groups (broad SMARTS) is 1. The highest BCUT2D eigenvalue weighted by molar-refractivity contribution is 6.00. The molecule has 1 saturated heterocycles. The molecule has 10 heteroatoms. The van der Waals surface area contributed by atoms with Gasteiger partial charge in [-0.3, -0.25) is 4.90 Å². The van der Waals surface area contributed by atoms with Crippen molar-refractivity contribution in [3.05, 3.63) is 59.7 Å². The first-order chi connectivity index (χ1) is 14.8. The molecular weight excluding hydrogens is 408 g/mol. The maximum atomic E-state index is 12.3. The maximum Gasteiger partial charge on any atom is 0.335 e. The van der Waals surface area contributed by atoms with Crippen LogP contribution in [-0.4, -0.2) is 63.1 Å². The number of carboxylic acids is 1. The van der Waals surface area contributed by atoms with Crippen molar-refractivity contribution in [3.8, 4) is 0 Å². The topological polar surface area (TPSA) is 163 Å². The van der Waals surface area contributed by atoms with Crippen molar-refractivity contribution in [1.82, 2.24) is 0 Å². The van der Waals surface area contributed by atoms with Crippen molar-refractivity contribution >= 4 is 23.4 Å². The SMILES string of the molecule is NC(=O)N1c2ccccc2CC(O[C@@H]2OC(C(=O)O)[C@@H](O)[C@H](O)[C@@H]2O)c2ccccc21. The van der Waals surface area contributed by atoms with Crippen LogP contribution in [0.1, 0.15) is 17.2 Å². The molecule has 10 nitrogen and oxygen atoms in total. The predicted molar refractivity (Wildman–Crippen MR) is 106 cm³/mol. The molecule has 6 atom stereocenters. The van der Waals surface area contributed by atoms with E-state index in [1.807, 2.05) is 0 Å². The lowest BCUT2D eigenvalue weighted by molar-refractivity contribution is -0.305. The van der Waals surface area contributed by atoms with Crippen LogP contribution in [0.4, 0.5) is 16.2 Å². The zero-order valence-electron chi connectivity index (χ0n) is 16.2. The molecule has 0 aromatic heterocycles. The van der Waals surface area contributed by atoms with E-state index in [-0.39, 0.29) is 6.42 Å². The minimum absolute atomic E-state index is 0.250. The van der Waals surface area contributed by atoms with E-state index in [1.54, 1.807) is 48.5 Å². The number of aliphatic hydroxyl groups is 3. The fourth-order valence-corrected chi connectivity index (χ4v) is 3.99. The smallest absolute Gasteiger partial charge is 0.335 e. The number of rotatable bonds is 3. The van der Waals surface area contributed by atoms with E-state index < -0.39 is 48.8 Å². The number of primary amides is 1. The van der Waals surface area contributed by atoms with E-state index in [0.29, 0.717) is 16.9 Å². The molecule has 4 rings (SSSR count). The van der Waals surface area contributed by atoms with E-state index in [1.165, 1.54) is 4.90 Å². The Morgan fingerprint density at radius 3 is 2.29 bits per heavy atom. The van der Waals surface area contributed by atoms with Crippen molar-refractivity contribution < 1.29 is 39.5 Å². The second-order valence-electron chi connectivity index (χ2n) is 7.43. The molecule has 2 aliphatic rings. The number of ether oxygens (including phenoxy) is 2. The first-order valence-corrected chi connectivity index (χ1v) is 9.64. The summed E-state index contributed by atoms with van der Waals surface area (Å²) in [5.41, 5.74) is 7.97. The summed E-state index contributed by atoms with van der Waals surface area (Å²) >= 11 is 0. The number of hydrogen-bond donors (Lipinski definition) is 5. The first kappa shape index (κ1) is 21.2. The largest absolute Gasteiger partial charge is 0.479 e. The minimum Gasteiger partial charge on any atom is -0.479 e. The van der Waals surface area contributed by atoms with Gasteiger partial charge in [-0.05, 0) is 17.7 Å². The van der Waals surface area contributed by atoms with Gasteiger partial charge < -0.3 is 35.6 Å². The number of fused-ring (bicyclic) bond motifs is 2. The lowest BCUT2D eigenvalue weighted by Gasteiger charge is -2.39. The van der Waals surface area contributed by atoms with Gasteiger partial charge in [0.2, 0.25) is 0 Å². The van der Waals surface area contributed by atoms with E-state index in [9.17, 15) is 30.0 Å². The summed E-state index contributed by atoms with van der Waals surface area (Å²) < 4.78 is 11.2. The zero-order chi connectivity index (χ0) is 22.3. The summed E-state index contributed by atoms with van der Waals surface area (Å²) in [6, 6.07) is 13.3. The molecule has 2 heterocycles. The number of carbonyl (C=O) groups excluding carboxylic acids is 1. The standard InChI is InChI=1S/C21H22N2O8/c22-21(29)23-12-7-3-1-5-10(12)9-14(11-6-2-4-8-13(11)23)30-20-17(26)15(24)16(25)18(31-20)19(27)28/h1-8,14-18,20,24-26H,9H2,(H2,22,29)(H,27,28)/t14?,15-,16-,17-,18?,20+/m0/s1. The molecule has 2 aromatic carbocycles. The first-order valence-electron chi connectivity index (χ1n) is 9.64. The highest BCUT2D eigenvalue weighted by Crippen LogP contribution is 2.42. The predicted octanol–water partition coefficient (Wildman–Crippen LogP) is 0.409. The molecule has 2 aromatic rings. The molecule has 0 aliphatic carbocycles. The Bertz CT molecular complexity index is 999. The number of amides is 2. The zero-order valence-corrected chi connectivity index (χ0v) is 16.2. The third-order valence-corrected chi connectivity index (χ3v) is 5.49. The monoisotopic (exact) mass is 430 g/mol. The Kier molecular flexibility index (Phi) is 5.65. The van der Waals surface area contributed by atoms with Crippen molar-refractivity contribution in [2.45, 2.75) is 43.2 Å². The third kappa shape index (κ3) is 3.75. The van der Waals surface area contributed by atoms with Crippen molar-refractivity contribution in [2.75, 3.05) is 4.90 Å². The Morgan fingerprint density at radius 1 is 0.968 bits per heavy atom. The number of nitrogens with two attached hydrogens (primary N) is 1. The number of aliphatic carboxylic acids is 1. The van der Waals surface area contributed by atoms with Gasteiger partial charge in [0, 0.05) is 12.0 Å². The Hall–Kier alpha value is -3.02. The number of carbonyl (C=O) groups is 2. The normalized spacial score (nSPS) is 30.1. The summed E-state index contributed by atoms with van der Waals surface area (Å²) in [6.45, 7) is 0. The highest BCUT2D eigenvalue weighted by atomic mass is 16.7. The van der Waals surface area contributed by atoms with E-state index in [0.717, 1.165) is 5.56 Å². The van der Waals surface area contributed by atoms with Crippen LogP contribution in [0.5, 0.6) is 0 Å². The summed E-state index contributed by atoms with van der Waals surface area (Å²) in [6.07, 6.45) is -9.14. The number of anilines is 2. The van der Waals surface area contributed by atoms with E-state index in [4.69, 9.17) is 15.2 Å². The number of urea groups is 1. The van der Waals surface area contributed by atoms with Crippen LogP contribution < -0.4 is 10.6 Å². The minimum atomic E-state index is -1.82. The summed E-state index contributed by atoms with van der Waals surface area (Å²) in [4.78, 5) is 25.0. The Labute approximate surface area is 177 Å². The number of aliphatic hydroxyl groups excluding tert-OH is 3. The molecule has 6 N–H and O–H groups in total. The number of benzene rings is 2. The molecule has 1 fully saturated rings. The molecular formula is C21H22N2O8. The van der Waals surface area contributed by atoms with Gasteiger partial charge in [-0.2, -0.15) is 0 Å². The number of nitrogens with zero attached hydrogens (tertiary/aromatic N) is 1. The molecule has 0 bridgehead atoms. The molecule has 0 radical (unpaired) electrons. The van der Waals surface area contributed by atoms with Gasteiger partial charge in [0.1, 0.15) is 18.3 Å². The maximum absolute atomic E-state index is 12.3. The van der Waals surface area contributed by atoms with Gasteiger partial charge in [0.25, 0.3) is 0 Å². The highest BCUT2D eigenvalue weighted by Gasteiger charge is 2.48. The second kappa shape index (κ2) is 8.25. The fraction of sp³-hybridized carbons (Fsp3) is 0.333. The lowest BCUT2D eigenvalue weighted by atomic mass is 9.98. The van der Waals surface area contributed by atoms with Crippen LogP contribution in [-0.2, 0) is 20.7 Å². The van der Waals surface area contributed by atoms with Crippen LogP contribution in [0.25, 0.3) is 0 Å². The summed E-state index contributed by atoms with van der Waals surface area (Å²) in [5.74, 6) is -1.50. The van der Waals surface area contributed by atoms with Gasteiger partial charge in [-0.15, -0.1) is 0 Å². The van der Waals surface area contributed by atoms with Gasteiger partial charge in [0.15, 0.2) is 12.4 Å². The molecule has 0 spiro atoms. The van der Waals surface area contributed by atoms with Gasteiger partial charge in [0.05, 0.1) is 17.5 Å². The second-order valence-corrected chi connectivity index (χ2v) is 7.43. The lowest BCUT2D eigenvalue weighted by Crippen LogP contribution is -2.60. The van der Waals surface area contributed by atoms with Crippen molar-refractivity contribution in [3.63, 3.8) is 0 Å². The van der Waals surface area contributed by atoms with Gasteiger partial charge in [-0.1, -0.05) is 36.4 Å². The molecule has 31 heavy (non-hydrogen) atoms. The summed E-state index contributed by atoms with van der Waals surface area (Å²) in [7, 11) is 0. The fourth-order valence-electron chi connectivity index (χ4n) is 3.99. The van der Waals surface area contributed by atoms with Crippen molar-refractivity contribution in [2.24, 2.45) is 5.73 Å². The number of hydrogen-bond acceptors (Lipinski definition) is 7. The van der Waals surface area contributed by atoms with E-state index >= 15 is 0 Å². The summed E-state index contributed by atoms with van der Waals surface area (Å²) in [5, 5.41) is 39.6. The van der Waals surface area contributed by atoms with Crippen molar-refractivity contribution in [1.29, 1.82) is 0 Å². The molecule has 0 saturated carbocycles. The third-order valence-electron chi connectivity index (χ3n) is 5.49. The Morgan fingerprint density at radius 2 is 1.61 bits per heavy atom. The van der Waals surface area contributed by atoms with Crippen LogP contribution in [0.3, 0.4) is 0 Å². The Balaban J connectivity index is 1.74. The average molecular weight is 430 g/mol. The van der Waals surface area contributed by atoms with Crippen LogP contribution in [0.2, 0.25) is 0 Å². The number of para-hydroxylation sites is 2. The van der Waals surface area contributed by atoms with Crippen LogP contribution >= 0.6 is 0 Å². The quantitative estimate of drug-likeness (QED) is 0.467. The molecule has 2 amide bonds. The molecule has 2 unspecified atom stereocenters. The van der Waals surface area contributed by atoms with Crippen LogP contribution in [0, 0.1) is 0 Å². The van der Waals surface area contributed by atoms with Crippen LogP contribution in [0.15, 0.2) is 48.5 Å². The van der Waals surface area contributed by atoms with Gasteiger partial charge >= 0.3 is 12.0 Å². The average Bonchev–Trinajstić information content (AvgIpc) is 2.88. The molecule has 2 aliphatic heterocycles. The van der Waals surface area contributed by atoms with Gasteiger partial charge in [-0.25, -0.2) is 9.59 Å². The van der Waals surface area contributed by atoms with E-state index in [2.05, 4.69) is 0 Å².